The monoisotopic (exact) mass is 345 g/mol. The Hall–Kier alpha value is -2.80. The van der Waals surface area contributed by atoms with Gasteiger partial charge in [-0.15, -0.1) is 0 Å². The van der Waals surface area contributed by atoms with Crippen molar-refractivity contribution in [2.24, 2.45) is 0 Å². The summed E-state index contributed by atoms with van der Waals surface area (Å²) in [6, 6.07) is 8.31. The number of hydrogen-bond donors (Lipinski definition) is 0. The number of methoxy groups -OCH3 is 1. The zero-order valence-corrected chi connectivity index (χ0v) is 13.9. The molecule has 1 aromatic carbocycles. The van der Waals surface area contributed by atoms with Crippen LogP contribution in [0, 0.1) is 18.6 Å². The van der Waals surface area contributed by atoms with Gasteiger partial charge in [-0.05, 0) is 30.2 Å². The Labute approximate surface area is 143 Å². The van der Waals surface area contributed by atoms with Gasteiger partial charge in [-0.3, -0.25) is 0 Å². The molecule has 0 aliphatic carbocycles. The van der Waals surface area contributed by atoms with Crippen LogP contribution in [0.25, 0.3) is 5.82 Å². The van der Waals surface area contributed by atoms with E-state index >= 15 is 0 Å². The van der Waals surface area contributed by atoms with Gasteiger partial charge < -0.3 is 9.47 Å². The Balaban J connectivity index is 1.81. The van der Waals surface area contributed by atoms with Crippen LogP contribution in [0.3, 0.4) is 0 Å². The molecule has 0 radical (unpaired) electrons. The maximum atomic E-state index is 13.9. The first-order chi connectivity index (χ1) is 12.1. The van der Waals surface area contributed by atoms with Crippen LogP contribution >= 0.6 is 0 Å². The number of hydrogen-bond acceptors (Lipinski definition) is 4. The molecule has 25 heavy (non-hydrogen) atoms. The lowest BCUT2D eigenvalue weighted by Gasteiger charge is -2.11. The molecule has 0 atom stereocenters. The average molecular weight is 345 g/mol. The van der Waals surface area contributed by atoms with E-state index in [0.29, 0.717) is 18.3 Å². The number of halogens is 2. The normalized spacial score (nSPS) is 10.9. The first-order valence-electron chi connectivity index (χ1n) is 7.64. The molecule has 3 rings (SSSR count). The molecular formula is C18H17F2N3O2. The minimum absolute atomic E-state index is 0.119. The van der Waals surface area contributed by atoms with Crippen LogP contribution in [0.5, 0.6) is 5.88 Å². The number of rotatable bonds is 6. The lowest BCUT2D eigenvalue weighted by atomic mass is 10.1. The first-order valence-corrected chi connectivity index (χ1v) is 7.64. The van der Waals surface area contributed by atoms with Crippen molar-refractivity contribution in [1.82, 2.24) is 14.8 Å². The summed E-state index contributed by atoms with van der Waals surface area (Å²) in [7, 11) is 1.61. The number of aryl methyl sites for hydroxylation is 1. The van der Waals surface area contributed by atoms with Gasteiger partial charge in [-0.2, -0.15) is 9.78 Å². The van der Waals surface area contributed by atoms with Crippen LogP contribution in [-0.2, 0) is 18.0 Å². The first kappa shape index (κ1) is 17.0. The highest BCUT2D eigenvalue weighted by atomic mass is 19.2. The van der Waals surface area contributed by atoms with Gasteiger partial charge in [-0.25, -0.2) is 13.8 Å². The van der Waals surface area contributed by atoms with Gasteiger partial charge in [0.2, 0.25) is 5.88 Å². The van der Waals surface area contributed by atoms with Crippen molar-refractivity contribution in [3.8, 4) is 11.7 Å². The van der Waals surface area contributed by atoms with E-state index in [9.17, 15) is 8.78 Å². The number of ether oxygens (including phenoxy) is 2. The lowest BCUT2D eigenvalue weighted by Crippen LogP contribution is -2.07. The topological polar surface area (TPSA) is 49.2 Å². The van der Waals surface area contributed by atoms with Crippen LogP contribution in [0.4, 0.5) is 8.78 Å². The molecule has 0 unspecified atom stereocenters. The molecule has 0 spiro atoms. The summed E-state index contributed by atoms with van der Waals surface area (Å²) in [5.41, 5.74) is 1.32. The zero-order chi connectivity index (χ0) is 17.8. The molecule has 0 aliphatic heterocycles. The fraction of sp³-hybridized carbons (Fsp3) is 0.222. The Morgan fingerprint density at radius 3 is 2.68 bits per heavy atom. The Morgan fingerprint density at radius 2 is 1.88 bits per heavy atom. The lowest BCUT2D eigenvalue weighted by molar-refractivity contribution is 0.185. The highest BCUT2D eigenvalue weighted by Gasteiger charge is 2.13. The fourth-order valence-electron chi connectivity index (χ4n) is 2.35. The third-order valence-corrected chi connectivity index (χ3v) is 3.68. The van der Waals surface area contributed by atoms with E-state index in [0.717, 1.165) is 5.56 Å². The second kappa shape index (κ2) is 7.40. The van der Waals surface area contributed by atoms with Crippen LogP contribution in [0.1, 0.15) is 16.7 Å². The van der Waals surface area contributed by atoms with Gasteiger partial charge in [0.1, 0.15) is 6.61 Å². The maximum absolute atomic E-state index is 13.9. The minimum atomic E-state index is -0.897. The standard InChI is InChI=1S/C18H17F2N3O2/c1-12-3-4-14(18(20)17(12)19)11-25-16-6-8-22-23(16)15-9-13(10-24-2)5-7-21-15/h3-9H,10-11H2,1-2H3. The van der Waals surface area contributed by atoms with E-state index in [1.165, 1.54) is 23.7 Å². The summed E-state index contributed by atoms with van der Waals surface area (Å²) in [5.74, 6) is -0.831. The molecule has 5 nitrogen and oxygen atoms in total. The van der Waals surface area contributed by atoms with Crippen LogP contribution in [0.2, 0.25) is 0 Å². The maximum Gasteiger partial charge on any atom is 0.218 e. The van der Waals surface area contributed by atoms with Gasteiger partial charge in [0.05, 0.1) is 12.8 Å². The quantitative estimate of drug-likeness (QED) is 0.685. The molecule has 0 amide bonds. The van der Waals surface area contributed by atoms with Crippen molar-refractivity contribution >= 4 is 0 Å². The molecule has 0 bridgehead atoms. The van der Waals surface area contributed by atoms with E-state index in [1.54, 1.807) is 25.6 Å². The Bertz CT molecular complexity index is 881. The van der Waals surface area contributed by atoms with Crippen LogP contribution in [0.15, 0.2) is 42.7 Å². The van der Waals surface area contributed by atoms with E-state index < -0.39 is 11.6 Å². The fourth-order valence-corrected chi connectivity index (χ4v) is 2.35. The Kier molecular flexibility index (Phi) is 5.04. The van der Waals surface area contributed by atoms with Crippen molar-refractivity contribution < 1.29 is 18.3 Å². The summed E-state index contributed by atoms with van der Waals surface area (Å²) in [6.45, 7) is 1.84. The van der Waals surface area contributed by atoms with Gasteiger partial charge in [0, 0.05) is 24.9 Å². The molecule has 2 aromatic heterocycles. The molecule has 2 heterocycles. The minimum Gasteiger partial charge on any atom is -0.473 e. The predicted molar refractivity (Wildman–Crippen MR) is 87.5 cm³/mol. The van der Waals surface area contributed by atoms with Crippen molar-refractivity contribution in [2.75, 3.05) is 7.11 Å². The zero-order valence-electron chi connectivity index (χ0n) is 13.9. The van der Waals surface area contributed by atoms with Crippen LogP contribution in [-0.4, -0.2) is 21.9 Å². The molecule has 0 aliphatic rings. The van der Waals surface area contributed by atoms with E-state index in [-0.39, 0.29) is 17.7 Å². The summed E-state index contributed by atoms with van der Waals surface area (Å²) in [6.07, 6.45) is 3.19. The SMILES string of the molecule is COCc1ccnc(-n2nccc2OCc2ccc(C)c(F)c2F)c1. The molecule has 130 valence electrons. The largest absolute Gasteiger partial charge is 0.473 e. The molecule has 0 N–H and O–H groups in total. The van der Waals surface area contributed by atoms with Gasteiger partial charge in [0.15, 0.2) is 17.5 Å². The molecule has 0 saturated heterocycles. The molecule has 0 fully saturated rings. The van der Waals surface area contributed by atoms with E-state index in [1.807, 2.05) is 12.1 Å². The summed E-state index contributed by atoms with van der Waals surface area (Å²) in [4.78, 5) is 4.25. The third kappa shape index (κ3) is 3.66. The van der Waals surface area contributed by atoms with Crippen LogP contribution < -0.4 is 4.74 Å². The van der Waals surface area contributed by atoms with Gasteiger partial charge in [0.25, 0.3) is 0 Å². The summed E-state index contributed by atoms with van der Waals surface area (Å²) in [5, 5.41) is 4.17. The number of aromatic nitrogens is 3. The highest BCUT2D eigenvalue weighted by molar-refractivity contribution is 5.31. The smallest absolute Gasteiger partial charge is 0.218 e. The predicted octanol–water partition coefficient (Wildman–Crippen LogP) is 3.58. The van der Waals surface area contributed by atoms with Crippen molar-refractivity contribution in [3.63, 3.8) is 0 Å². The van der Waals surface area contributed by atoms with Gasteiger partial charge in [-0.1, -0.05) is 12.1 Å². The number of pyridine rings is 1. The Morgan fingerprint density at radius 1 is 1.04 bits per heavy atom. The number of benzene rings is 1. The molecule has 0 saturated carbocycles. The second-order valence-corrected chi connectivity index (χ2v) is 5.49. The molecule has 3 aromatic rings. The van der Waals surface area contributed by atoms with E-state index in [2.05, 4.69) is 10.1 Å². The highest BCUT2D eigenvalue weighted by Crippen LogP contribution is 2.20. The van der Waals surface area contributed by atoms with Crippen molar-refractivity contribution in [2.45, 2.75) is 20.1 Å². The van der Waals surface area contributed by atoms with E-state index in [4.69, 9.17) is 9.47 Å². The summed E-state index contributed by atoms with van der Waals surface area (Å²) < 4.78 is 39.8. The third-order valence-electron chi connectivity index (χ3n) is 3.68. The summed E-state index contributed by atoms with van der Waals surface area (Å²) >= 11 is 0. The number of nitrogens with zero attached hydrogens (tertiary/aromatic N) is 3. The van der Waals surface area contributed by atoms with Crippen molar-refractivity contribution in [3.05, 3.63) is 71.1 Å². The van der Waals surface area contributed by atoms with Crippen molar-refractivity contribution in [1.29, 1.82) is 0 Å². The molecule has 7 heteroatoms. The second-order valence-electron chi connectivity index (χ2n) is 5.49. The average Bonchev–Trinajstić information content (AvgIpc) is 3.08. The van der Waals surface area contributed by atoms with Gasteiger partial charge >= 0.3 is 0 Å². The molecular weight excluding hydrogens is 328 g/mol.